The number of hydrogen-bond acceptors (Lipinski definition) is 4. The standard InChI is InChI=1S/C17H16N4O2/c22-16-10-20(9-12-5-1-2-6-13(12)16)17(23)11-21-18-14-7-3-4-8-15(14)19-21/h1-8,16,22H,9-11H2. The van der Waals surface area contributed by atoms with Gasteiger partial charge in [0.1, 0.15) is 17.6 Å². The van der Waals surface area contributed by atoms with E-state index in [1.54, 1.807) is 4.90 Å². The van der Waals surface area contributed by atoms with Crippen LogP contribution in [0.15, 0.2) is 48.5 Å². The summed E-state index contributed by atoms with van der Waals surface area (Å²) in [6, 6.07) is 15.2. The Hall–Kier alpha value is -2.73. The SMILES string of the molecule is O=C(Cn1nc2ccccc2n1)N1Cc2ccccc2C(O)C1. The fourth-order valence-electron chi connectivity index (χ4n) is 2.97. The van der Waals surface area contributed by atoms with E-state index in [4.69, 9.17) is 0 Å². The molecule has 1 aromatic heterocycles. The van der Waals surface area contributed by atoms with E-state index in [-0.39, 0.29) is 12.5 Å². The van der Waals surface area contributed by atoms with E-state index >= 15 is 0 Å². The molecule has 3 aromatic rings. The van der Waals surface area contributed by atoms with Gasteiger partial charge in [-0.1, -0.05) is 36.4 Å². The number of aliphatic hydroxyl groups excluding tert-OH is 1. The van der Waals surface area contributed by atoms with Crippen LogP contribution < -0.4 is 0 Å². The molecule has 0 fully saturated rings. The van der Waals surface area contributed by atoms with E-state index in [1.165, 1.54) is 4.80 Å². The molecule has 0 spiro atoms. The molecule has 1 unspecified atom stereocenters. The number of carbonyl (C=O) groups is 1. The molecule has 1 atom stereocenters. The van der Waals surface area contributed by atoms with Gasteiger partial charge < -0.3 is 10.0 Å². The van der Waals surface area contributed by atoms with Crippen molar-refractivity contribution >= 4 is 16.9 Å². The Morgan fingerprint density at radius 2 is 1.74 bits per heavy atom. The van der Waals surface area contributed by atoms with Crippen molar-refractivity contribution in [3.8, 4) is 0 Å². The second-order valence-electron chi connectivity index (χ2n) is 5.71. The van der Waals surface area contributed by atoms with Gasteiger partial charge >= 0.3 is 0 Å². The fraction of sp³-hybridized carbons (Fsp3) is 0.235. The van der Waals surface area contributed by atoms with Gasteiger partial charge in [-0.3, -0.25) is 4.79 Å². The first-order valence-electron chi connectivity index (χ1n) is 7.54. The number of nitrogens with zero attached hydrogens (tertiary/aromatic N) is 4. The first-order valence-corrected chi connectivity index (χ1v) is 7.54. The number of benzene rings is 2. The van der Waals surface area contributed by atoms with Crippen molar-refractivity contribution in [2.24, 2.45) is 0 Å². The molecule has 1 aliphatic heterocycles. The minimum atomic E-state index is -0.645. The lowest BCUT2D eigenvalue weighted by atomic mass is 9.97. The minimum absolute atomic E-state index is 0.0730. The summed E-state index contributed by atoms with van der Waals surface area (Å²) in [5.41, 5.74) is 3.42. The molecule has 23 heavy (non-hydrogen) atoms. The minimum Gasteiger partial charge on any atom is -0.387 e. The van der Waals surface area contributed by atoms with Gasteiger partial charge in [0.25, 0.3) is 0 Å². The maximum Gasteiger partial charge on any atom is 0.246 e. The van der Waals surface area contributed by atoms with Crippen molar-refractivity contribution in [2.45, 2.75) is 19.2 Å². The first-order chi connectivity index (χ1) is 11.2. The molecule has 1 aliphatic rings. The van der Waals surface area contributed by atoms with Crippen LogP contribution in [-0.2, 0) is 17.9 Å². The van der Waals surface area contributed by atoms with Gasteiger partial charge in [0.2, 0.25) is 5.91 Å². The third kappa shape index (κ3) is 2.57. The Labute approximate surface area is 132 Å². The number of aromatic nitrogens is 3. The molecule has 1 N–H and O–H groups in total. The summed E-state index contributed by atoms with van der Waals surface area (Å²) in [6.45, 7) is 0.882. The van der Waals surface area contributed by atoms with Crippen LogP contribution in [0.3, 0.4) is 0 Å². The Bertz CT molecular complexity index is 841. The monoisotopic (exact) mass is 308 g/mol. The average molecular weight is 308 g/mol. The van der Waals surface area contributed by atoms with Crippen LogP contribution in [0.1, 0.15) is 17.2 Å². The van der Waals surface area contributed by atoms with Crippen molar-refractivity contribution in [1.82, 2.24) is 19.9 Å². The molecule has 0 radical (unpaired) electrons. The highest BCUT2D eigenvalue weighted by Crippen LogP contribution is 2.26. The topological polar surface area (TPSA) is 71.2 Å². The maximum atomic E-state index is 12.5. The lowest BCUT2D eigenvalue weighted by molar-refractivity contribution is -0.135. The zero-order valence-corrected chi connectivity index (χ0v) is 12.5. The second-order valence-corrected chi connectivity index (χ2v) is 5.71. The third-order valence-electron chi connectivity index (χ3n) is 4.13. The van der Waals surface area contributed by atoms with Crippen LogP contribution in [-0.4, -0.2) is 37.5 Å². The van der Waals surface area contributed by atoms with E-state index in [9.17, 15) is 9.90 Å². The summed E-state index contributed by atoms with van der Waals surface area (Å²) in [5, 5.41) is 18.8. The zero-order valence-electron chi connectivity index (χ0n) is 12.5. The number of rotatable bonds is 2. The molecule has 6 heteroatoms. The molecule has 116 valence electrons. The van der Waals surface area contributed by atoms with Crippen molar-refractivity contribution in [1.29, 1.82) is 0 Å². The van der Waals surface area contributed by atoms with Gasteiger partial charge in [0.05, 0.1) is 12.6 Å². The van der Waals surface area contributed by atoms with Gasteiger partial charge in [-0.05, 0) is 23.3 Å². The summed E-state index contributed by atoms with van der Waals surface area (Å²) in [6.07, 6.45) is -0.645. The van der Waals surface area contributed by atoms with Gasteiger partial charge in [0, 0.05) is 6.54 Å². The second kappa shape index (κ2) is 5.48. The molecule has 4 rings (SSSR count). The normalized spacial score (nSPS) is 17.3. The fourth-order valence-corrected chi connectivity index (χ4v) is 2.97. The lowest BCUT2D eigenvalue weighted by Crippen LogP contribution is -2.40. The summed E-state index contributed by atoms with van der Waals surface area (Å²) >= 11 is 0. The van der Waals surface area contributed by atoms with Crippen molar-refractivity contribution in [3.63, 3.8) is 0 Å². The van der Waals surface area contributed by atoms with Gasteiger partial charge in [0.15, 0.2) is 0 Å². The Balaban J connectivity index is 1.53. The largest absolute Gasteiger partial charge is 0.387 e. The molecule has 6 nitrogen and oxygen atoms in total. The first kappa shape index (κ1) is 13.9. The Kier molecular flexibility index (Phi) is 3.31. The average Bonchev–Trinajstić information content (AvgIpc) is 2.97. The van der Waals surface area contributed by atoms with Gasteiger partial charge in [-0.15, -0.1) is 0 Å². The highest BCUT2D eigenvalue weighted by atomic mass is 16.3. The lowest BCUT2D eigenvalue weighted by Gasteiger charge is -2.32. The smallest absolute Gasteiger partial charge is 0.246 e. The predicted octanol–water partition coefficient (Wildman–Crippen LogP) is 1.51. The van der Waals surface area contributed by atoms with Crippen LogP contribution in [0.5, 0.6) is 0 Å². The number of amides is 1. The van der Waals surface area contributed by atoms with Gasteiger partial charge in [-0.25, -0.2) is 0 Å². The van der Waals surface area contributed by atoms with E-state index in [0.717, 1.165) is 22.2 Å². The number of hydrogen-bond donors (Lipinski definition) is 1. The van der Waals surface area contributed by atoms with Crippen LogP contribution in [0.2, 0.25) is 0 Å². The van der Waals surface area contributed by atoms with Crippen LogP contribution >= 0.6 is 0 Å². The number of fused-ring (bicyclic) bond motifs is 2. The summed E-state index contributed by atoms with van der Waals surface area (Å²) in [7, 11) is 0. The molecule has 0 bridgehead atoms. The van der Waals surface area contributed by atoms with Crippen molar-refractivity contribution in [3.05, 3.63) is 59.7 Å². The molecular weight excluding hydrogens is 292 g/mol. The number of β-amino-alcohol motifs (C(OH)–C–C–N with tert-alkyl or cyclic N) is 1. The van der Waals surface area contributed by atoms with Crippen LogP contribution in [0.4, 0.5) is 0 Å². The maximum absolute atomic E-state index is 12.5. The molecular formula is C17H16N4O2. The van der Waals surface area contributed by atoms with E-state index < -0.39 is 6.10 Å². The Morgan fingerprint density at radius 3 is 2.48 bits per heavy atom. The predicted molar refractivity (Wildman–Crippen MR) is 84.3 cm³/mol. The summed E-state index contributed by atoms with van der Waals surface area (Å²) in [4.78, 5) is 15.6. The van der Waals surface area contributed by atoms with Crippen molar-refractivity contribution < 1.29 is 9.90 Å². The number of aliphatic hydroxyl groups is 1. The molecule has 2 aromatic carbocycles. The Morgan fingerprint density at radius 1 is 1.09 bits per heavy atom. The zero-order chi connectivity index (χ0) is 15.8. The highest BCUT2D eigenvalue weighted by Gasteiger charge is 2.26. The van der Waals surface area contributed by atoms with E-state index in [2.05, 4.69) is 10.2 Å². The van der Waals surface area contributed by atoms with Crippen LogP contribution in [0.25, 0.3) is 11.0 Å². The van der Waals surface area contributed by atoms with Crippen LogP contribution in [0, 0.1) is 0 Å². The van der Waals surface area contributed by atoms with Crippen molar-refractivity contribution in [2.75, 3.05) is 6.54 Å². The summed E-state index contributed by atoms with van der Waals surface area (Å²) < 4.78 is 0. The quantitative estimate of drug-likeness (QED) is 0.779. The molecule has 0 aliphatic carbocycles. The van der Waals surface area contributed by atoms with Gasteiger partial charge in [-0.2, -0.15) is 15.0 Å². The molecule has 1 amide bonds. The third-order valence-corrected chi connectivity index (χ3v) is 4.13. The van der Waals surface area contributed by atoms with E-state index in [0.29, 0.717) is 13.1 Å². The van der Waals surface area contributed by atoms with E-state index in [1.807, 2.05) is 48.5 Å². The number of carbonyl (C=O) groups excluding carboxylic acids is 1. The summed E-state index contributed by atoms with van der Waals surface area (Å²) in [5.74, 6) is -0.0983. The molecule has 0 saturated heterocycles. The molecule has 0 saturated carbocycles. The molecule has 2 heterocycles. The highest BCUT2D eigenvalue weighted by molar-refractivity contribution is 5.77.